The van der Waals surface area contributed by atoms with Crippen LogP contribution in [0, 0.1) is 6.92 Å². The number of carbonyl (C=O) groups excluding carboxylic acids is 1. The van der Waals surface area contributed by atoms with Gasteiger partial charge in [0.1, 0.15) is 18.0 Å². The third-order valence-corrected chi connectivity index (χ3v) is 2.79. The maximum absolute atomic E-state index is 11.1. The summed E-state index contributed by atoms with van der Waals surface area (Å²) in [5.74, 6) is 1.50. The Balaban J connectivity index is 1.98. The van der Waals surface area contributed by atoms with Crippen molar-refractivity contribution in [1.29, 1.82) is 0 Å². The molecule has 20 heavy (non-hydrogen) atoms. The number of urea groups is 1. The largest absolute Gasteiger partial charge is 0.443 e. The Labute approximate surface area is 116 Å². The van der Waals surface area contributed by atoms with Gasteiger partial charge in [0.25, 0.3) is 0 Å². The first kappa shape index (κ1) is 14.0. The molecule has 0 aliphatic heterocycles. The van der Waals surface area contributed by atoms with Crippen molar-refractivity contribution in [2.45, 2.75) is 33.4 Å². The lowest BCUT2D eigenvalue weighted by atomic mass is 10.3. The monoisotopic (exact) mass is 278 g/mol. The Hall–Kier alpha value is -2.38. The van der Waals surface area contributed by atoms with Gasteiger partial charge in [0.15, 0.2) is 5.89 Å². The minimum absolute atomic E-state index is 0.252. The van der Waals surface area contributed by atoms with Crippen LogP contribution in [0.5, 0.6) is 0 Å². The van der Waals surface area contributed by atoms with Crippen LogP contribution in [0.4, 0.5) is 4.79 Å². The molecule has 0 spiro atoms. The SMILES string of the molecule is CCc1nc(C)c(Cn2cc(CNC(=O)NC)nn2)o1. The average molecular weight is 278 g/mol. The fourth-order valence-electron chi connectivity index (χ4n) is 1.69. The van der Waals surface area contributed by atoms with Gasteiger partial charge in [-0.2, -0.15) is 0 Å². The molecule has 0 bridgehead atoms. The van der Waals surface area contributed by atoms with Crippen molar-refractivity contribution in [2.24, 2.45) is 0 Å². The van der Waals surface area contributed by atoms with Crippen LogP contribution in [0.15, 0.2) is 10.6 Å². The Kier molecular flexibility index (Phi) is 4.34. The summed E-state index contributed by atoms with van der Waals surface area (Å²) in [7, 11) is 1.56. The summed E-state index contributed by atoms with van der Waals surface area (Å²) in [6.07, 6.45) is 2.53. The molecule has 2 amide bonds. The van der Waals surface area contributed by atoms with Crippen molar-refractivity contribution < 1.29 is 9.21 Å². The predicted octanol–water partition coefficient (Wildman–Crippen LogP) is 0.614. The van der Waals surface area contributed by atoms with Crippen molar-refractivity contribution in [2.75, 3.05) is 7.05 Å². The summed E-state index contributed by atoms with van der Waals surface area (Å²) in [5, 5.41) is 13.1. The molecule has 0 fully saturated rings. The number of hydrogen-bond donors (Lipinski definition) is 2. The molecule has 0 radical (unpaired) electrons. The standard InChI is InChI=1S/C12H18N6O2/c1-4-11-15-8(2)10(20-11)7-18-6-9(16-17-18)5-14-12(19)13-3/h6H,4-5,7H2,1-3H3,(H2,13,14,19). The number of nitrogens with zero attached hydrogens (tertiary/aromatic N) is 4. The molecule has 8 heteroatoms. The first-order valence-corrected chi connectivity index (χ1v) is 6.42. The third kappa shape index (κ3) is 3.34. The smallest absolute Gasteiger partial charge is 0.314 e. The van der Waals surface area contributed by atoms with Gasteiger partial charge in [-0.05, 0) is 6.92 Å². The number of aryl methyl sites for hydroxylation is 2. The fourth-order valence-corrected chi connectivity index (χ4v) is 1.69. The highest BCUT2D eigenvalue weighted by Gasteiger charge is 2.10. The molecule has 0 saturated heterocycles. The van der Waals surface area contributed by atoms with Gasteiger partial charge in [-0.3, -0.25) is 0 Å². The topological polar surface area (TPSA) is 97.9 Å². The number of rotatable bonds is 5. The lowest BCUT2D eigenvalue weighted by Gasteiger charge is -2.00. The van der Waals surface area contributed by atoms with Crippen LogP contribution >= 0.6 is 0 Å². The van der Waals surface area contributed by atoms with Gasteiger partial charge >= 0.3 is 6.03 Å². The van der Waals surface area contributed by atoms with E-state index in [0.29, 0.717) is 18.8 Å². The first-order chi connectivity index (χ1) is 9.62. The second-order valence-electron chi connectivity index (χ2n) is 4.31. The number of aromatic nitrogens is 4. The second-order valence-corrected chi connectivity index (χ2v) is 4.31. The van der Waals surface area contributed by atoms with Crippen LogP contribution in [-0.4, -0.2) is 33.1 Å². The normalized spacial score (nSPS) is 10.6. The zero-order valence-corrected chi connectivity index (χ0v) is 11.8. The maximum atomic E-state index is 11.1. The lowest BCUT2D eigenvalue weighted by molar-refractivity contribution is 0.242. The van der Waals surface area contributed by atoms with Gasteiger partial charge in [0.2, 0.25) is 0 Å². The maximum Gasteiger partial charge on any atom is 0.314 e. The molecule has 2 aromatic rings. The van der Waals surface area contributed by atoms with E-state index < -0.39 is 0 Å². The molecule has 0 saturated carbocycles. The van der Waals surface area contributed by atoms with Crippen LogP contribution in [0.1, 0.15) is 30.0 Å². The van der Waals surface area contributed by atoms with Crippen LogP contribution in [0.25, 0.3) is 0 Å². The Morgan fingerprint density at radius 2 is 2.30 bits per heavy atom. The molecule has 2 N–H and O–H groups in total. The van der Waals surface area contributed by atoms with E-state index in [1.807, 2.05) is 13.8 Å². The van der Waals surface area contributed by atoms with Gasteiger partial charge in [0, 0.05) is 13.5 Å². The molecule has 2 aromatic heterocycles. The summed E-state index contributed by atoms with van der Waals surface area (Å²) in [6, 6.07) is -0.252. The summed E-state index contributed by atoms with van der Waals surface area (Å²) in [4.78, 5) is 15.4. The molecule has 2 heterocycles. The summed E-state index contributed by atoms with van der Waals surface area (Å²) >= 11 is 0. The highest BCUT2D eigenvalue weighted by atomic mass is 16.4. The van der Waals surface area contributed by atoms with Gasteiger partial charge < -0.3 is 15.1 Å². The molecular weight excluding hydrogens is 260 g/mol. The van der Waals surface area contributed by atoms with Crippen LogP contribution in [-0.2, 0) is 19.5 Å². The molecule has 0 aliphatic carbocycles. The molecule has 0 atom stereocenters. The van der Waals surface area contributed by atoms with E-state index in [2.05, 4.69) is 25.9 Å². The Bertz CT molecular complexity index is 589. The Morgan fingerprint density at radius 3 is 2.95 bits per heavy atom. The van der Waals surface area contributed by atoms with Crippen molar-refractivity contribution in [3.8, 4) is 0 Å². The van der Waals surface area contributed by atoms with Gasteiger partial charge in [-0.1, -0.05) is 12.1 Å². The predicted molar refractivity (Wildman–Crippen MR) is 71.0 cm³/mol. The molecule has 0 unspecified atom stereocenters. The molecule has 0 aromatic carbocycles. The average Bonchev–Trinajstić information content (AvgIpc) is 3.04. The van der Waals surface area contributed by atoms with Crippen LogP contribution in [0.2, 0.25) is 0 Å². The highest BCUT2D eigenvalue weighted by Crippen LogP contribution is 2.12. The van der Waals surface area contributed by atoms with Gasteiger partial charge in [-0.25, -0.2) is 14.5 Å². The number of nitrogens with one attached hydrogen (secondary N) is 2. The lowest BCUT2D eigenvalue weighted by Crippen LogP contribution is -2.32. The first-order valence-electron chi connectivity index (χ1n) is 6.42. The molecule has 2 rings (SSSR count). The van der Waals surface area contributed by atoms with E-state index in [0.717, 1.165) is 23.8 Å². The minimum atomic E-state index is -0.252. The van der Waals surface area contributed by atoms with Crippen LogP contribution in [0.3, 0.4) is 0 Å². The van der Waals surface area contributed by atoms with Crippen molar-refractivity contribution in [3.05, 3.63) is 29.2 Å². The van der Waals surface area contributed by atoms with Gasteiger partial charge in [0.05, 0.1) is 18.4 Å². The van der Waals surface area contributed by atoms with Crippen molar-refractivity contribution in [3.63, 3.8) is 0 Å². The van der Waals surface area contributed by atoms with E-state index in [9.17, 15) is 4.79 Å². The molecule has 108 valence electrons. The zero-order valence-electron chi connectivity index (χ0n) is 11.8. The summed E-state index contributed by atoms with van der Waals surface area (Å²) in [6.45, 7) is 4.71. The van der Waals surface area contributed by atoms with E-state index in [4.69, 9.17) is 4.42 Å². The molecule has 0 aliphatic rings. The van der Waals surface area contributed by atoms with E-state index in [1.165, 1.54) is 0 Å². The Morgan fingerprint density at radius 1 is 1.50 bits per heavy atom. The number of oxazole rings is 1. The minimum Gasteiger partial charge on any atom is -0.443 e. The van der Waals surface area contributed by atoms with Gasteiger partial charge in [-0.15, -0.1) is 5.10 Å². The number of amides is 2. The molecular formula is C12H18N6O2. The van der Waals surface area contributed by atoms with Crippen molar-refractivity contribution in [1.82, 2.24) is 30.6 Å². The highest BCUT2D eigenvalue weighted by molar-refractivity contribution is 5.73. The van der Waals surface area contributed by atoms with E-state index in [-0.39, 0.29) is 6.03 Å². The van der Waals surface area contributed by atoms with Crippen LogP contribution < -0.4 is 10.6 Å². The number of carbonyl (C=O) groups is 1. The third-order valence-electron chi connectivity index (χ3n) is 2.79. The summed E-state index contributed by atoms with van der Waals surface area (Å²) < 4.78 is 7.27. The van der Waals surface area contributed by atoms with Crippen molar-refractivity contribution >= 4 is 6.03 Å². The second kappa shape index (κ2) is 6.18. The zero-order chi connectivity index (χ0) is 14.5. The number of hydrogen-bond acceptors (Lipinski definition) is 5. The van der Waals surface area contributed by atoms with E-state index in [1.54, 1.807) is 17.9 Å². The van der Waals surface area contributed by atoms with E-state index >= 15 is 0 Å². The quantitative estimate of drug-likeness (QED) is 0.835. The summed E-state index contributed by atoms with van der Waals surface area (Å²) in [5.41, 5.74) is 1.55. The molecule has 8 nitrogen and oxygen atoms in total. The fraction of sp³-hybridized carbons (Fsp3) is 0.500.